The molecule has 0 aromatic heterocycles. The highest BCUT2D eigenvalue weighted by atomic mass is 32.2. The van der Waals surface area contributed by atoms with Crippen molar-refractivity contribution in [1.29, 1.82) is 0 Å². The van der Waals surface area contributed by atoms with Crippen molar-refractivity contribution in [3.8, 4) is 0 Å². The summed E-state index contributed by atoms with van der Waals surface area (Å²) in [5.74, 6) is 0. The van der Waals surface area contributed by atoms with Crippen LogP contribution < -0.4 is 20.9 Å². The first kappa shape index (κ1) is 28.8. The molecule has 0 amide bonds. The molecule has 3 rings (SSSR count). The molecule has 0 aliphatic rings. The number of benzene rings is 3. The molecule has 0 saturated heterocycles. The van der Waals surface area contributed by atoms with E-state index in [0.717, 1.165) is 24.3 Å². The fourth-order valence-electron chi connectivity index (χ4n) is 3.56. The maximum Gasteiger partial charge on any atom is 0.289 e. The lowest BCUT2D eigenvalue weighted by molar-refractivity contribution is -0.388. The predicted molar refractivity (Wildman–Crippen MR) is 137 cm³/mol. The predicted octanol–water partition coefficient (Wildman–Crippen LogP) is 1.46. The standard InChI is InChI=1S/C22H24N6O8S2/c23-13-17(24)15-6-5-7-16(12-15)18(26-38(35,36)22-11-4-2-9-20(22)28(31)32)14-25-37(33,34)21-10-3-1-8-19(21)27(29)30/h1-12,17-18,25-26H,13-14,23-24H2. The Morgan fingerprint density at radius 1 is 0.763 bits per heavy atom. The molecule has 0 heterocycles. The highest BCUT2D eigenvalue weighted by Gasteiger charge is 2.31. The number of nitro benzene ring substituents is 2. The van der Waals surface area contributed by atoms with Crippen molar-refractivity contribution in [2.24, 2.45) is 11.5 Å². The summed E-state index contributed by atoms with van der Waals surface area (Å²) in [6.07, 6.45) is 0. The summed E-state index contributed by atoms with van der Waals surface area (Å²) in [7, 11) is -9.06. The topological polar surface area (TPSA) is 231 Å². The minimum Gasteiger partial charge on any atom is -0.329 e. The van der Waals surface area contributed by atoms with Gasteiger partial charge in [-0.1, -0.05) is 48.5 Å². The van der Waals surface area contributed by atoms with Gasteiger partial charge in [0.1, 0.15) is 0 Å². The van der Waals surface area contributed by atoms with Crippen LogP contribution in [0.3, 0.4) is 0 Å². The minimum atomic E-state index is -4.57. The summed E-state index contributed by atoms with van der Waals surface area (Å²) in [5, 5.41) is 22.8. The average Bonchev–Trinajstić information content (AvgIpc) is 2.90. The number of nitrogens with one attached hydrogen (secondary N) is 2. The van der Waals surface area contributed by atoms with Gasteiger partial charge in [-0.05, 0) is 23.3 Å². The third kappa shape index (κ3) is 6.55. The Labute approximate surface area is 218 Å². The number of rotatable bonds is 12. The Morgan fingerprint density at radius 3 is 1.79 bits per heavy atom. The maximum absolute atomic E-state index is 13.2. The number of sulfonamides is 2. The molecule has 0 spiro atoms. The summed E-state index contributed by atoms with van der Waals surface area (Å²) < 4.78 is 56.9. The molecule has 0 aliphatic heterocycles. The number of para-hydroxylation sites is 2. The normalized spacial score (nSPS) is 13.5. The molecule has 202 valence electrons. The third-order valence-corrected chi connectivity index (χ3v) is 8.46. The molecule has 0 bridgehead atoms. The monoisotopic (exact) mass is 564 g/mol. The van der Waals surface area contributed by atoms with Crippen LogP contribution in [0.15, 0.2) is 82.6 Å². The largest absolute Gasteiger partial charge is 0.329 e. The van der Waals surface area contributed by atoms with Crippen LogP contribution in [0.4, 0.5) is 11.4 Å². The van der Waals surface area contributed by atoms with Crippen LogP contribution in [0.1, 0.15) is 23.2 Å². The number of nitro groups is 2. The van der Waals surface area contributed by atoms with Crippen molar-refractivity contribution < 1.29 is 26.7 Å². The van der Waals surface area contributed by atoms with Crippen LogP contribution in [0.25, 0.3) is 0 Å². The van der Waals surface area contributed by atoms with Gasteiger partial charge in [0.2, 0.25) is 20.0 Å². The van der Waals surface area contributed by atoms with Gasteiger partial charge in [0.25, 0.3) is 11.4 Å². The van der Waals surface area contributed by atoms with E-state index in [1.54, 1.807) is 12.1 Å². The Morgan fingerprint density at radius 2 is 1.26 bits per heavy atom. The highest BCUT2D eigenvalue weighted by molar-refractivity contribution is 7.90. The molecule has 0 fully saturated rings. The van der Waals surface area contributed by atoms with E-state index < -0.39 is 69.7 Å². The second-order valence-corrected chi connectivity index (χ2v) is 11.4. The van der Waals surface area contributed by atoms with Crippen molar-refractivity contribution in [1.82, 2.24) is 9.44 Å². The van der Waals surface area contributed by atoms with Crippen LogP contribution in [0.5, 0.6) is 0 Å². The van der Waals surface area contributed by atoms with Gasteiger partial charge in [-0.25, -0.2) is 26.3 Å². The molecule has 6 N–H and O–H groups in total. The van der Waals surface area contributed by atoms with Crippen LogP contribution in [0.2, 0.25) is 0 Å². The van der Waals surface area contributed by atoms with Crippen molar-refractivity contribution in [2.45, 2.75) is 21.9 Å². The van der Waals surface area contributed by atoms with Gasteiger partial charge in [-0.15, -0.1) is 0 Å². The van der Waals surface area contributed by atoms with Gasteiger partial charge in [0, 0.05) is 31.3 Å². The lowest BCUT2D eigenvalue weighted by Gasteiger charge is -2.21. The van der Waals surface area contributed by atoms with Crippen LogP contribution in [-0.2, 0) is 20.0 Å². The van der Waals surface area contributed by atoms with Crippen molar-refractivity contribution in [3.05, 3.63) is 104 Å². The van der Waals surface area contributed by atoms with Crippen molar-refractivity contribution >= 4 is 31.4 Å². The van der Waals surface area contributed by atoms with Crippen molar-refractivity contribution in [2.75, 3.05) is 13.1 Å². The Hall–Kier alpha value is -3.80. The van der Waals surface area contributed by atoms with Crippen LogP contribution >= 0.6 is 0 Å². The SMILES string of the molecule is NCC(N)c1cccc(C(CNS(=O)(=O)c2ccccc2[N+](=O)[O-])NS(=O)(=O)c2ccccc2[N+](=O)[O-])c1. The van der Waals surface area contributed by atoms with E-state index >= 15 is 0 Å². The summed E-state index contributed by atoms with van der Waals surface area (Å²) in [5.41, 5.74) is 11.0. The van der Waals surface area contributed by atoms with Crippen molar-refractivity contribution in [3.63, 3.8) is 0 Å². The Balaban J connectivity index is 2.03. The zero-order chi connectivity index (χ0) is 28.1. The van der Waals surface area contributed by atoms with E-state index in [1.165, 1.54) is 36.4 Å². The quantitative estimate of drug-likeness (QED) is 0.183. The first-order valence-electron chi connectivity index (χ1n) is 10.9. The lowest BCUT2D eigenvalue weighted by atomic mass is 10.0. The second-order valence-electron chi connectivity index (χ2n) is 7.99. The van der Waals surface area contributed by atoms with Gasteiger partial charge in [-0.3, -0.25) is 20.2 Å². The molecule has 0 radical (unpaired) electrons. The third-order valence-electron chi connectivity index (χ3n) is 5.47. The molecular formula is C22H24N6O8S2. The molecule has 3 aromatic carbocycles. The fourth-order valence-corrected chi connectivity index (χ4v) is 6.18. The van der Waals surface area contributed by atoms with Crippen LogP contribution in [0, 0.1) is 20.2 Å². The van der Waals surface area contributed by atoms with Gasteiger partial charge in [0.15, 0.2) is 9.79 Å². The smallest absolute Gasteiger partial charge is 0.289 e. The fraction of sp³-hybridized carbons (Fsp3) is 0.182. The van der Waals surface area contributed by atoms with Crippen LogP contribution in [-0.4, -0.2) is 39.8 Å². The average molecular weight is 565 g/mol. The zero-order valence-electron chi connectivity index (χ0n) is 19.6. The first-order chi connectivity index (χ1) is 17.9. The minimum absolute atomic E-state index is 0.0698. The molecule has 2 unspecified atom stereocenters. The Kier molecular flexibility index (Phi) is 8.87. The van der Waals surface area contributed by atoms with E-state index in [-0.39, 0.29) is 12.1 Å². The molecule has 2 atom stereocenters. The van der Waals surface area contributed by atoms with E-state index in [4.69, 9.17) is 11.5 Å². The molecule has 0 saturated carbocycles. The summed E-state index contributed by atoms with van der Waals surface area (Å²) >= 11 is 0. The van der Waals surface area contributed by atoms with E-state index in [1.807, 2.05) is 0 Å². The van der Waals surface area contributed by atoms with E-state index in [2.05, 4.69) is 9.44 Å². The van der Waals surface area contributed by atoms with E-state index in [9.17, 15) is 37.1 Å². The summed E-state index contributed by atoms with van der Waals surface area (Å²) in [6.45, 7) is -0.532. The number of hydrogen-bond acceptors (Lipinski definition) is 10. The zero-order valence-corrected chi connectivity index (χ0v) is 21.3. The first-order valence-corrected chi connectivity index (χ1v) is 13.9. The molecule has 3 aromatic rings. The van der Waals surface area contributed by atoms with Gasteiger partial charge in [-0.2, -0.15) is 0 Å². The van der Waals surface area contributed by atoms with E-state index in [0.29, 0.717) is 5.56 Å². The number of nitrogens with two attached hydrogens (primary N) is 2. The molecule has 0 aliphatic carbocycles. The maximum atomic E-state index is 13.2. The van der Waals surface area contributed by atoms with Gasteiger partial charge < -0.3 is 11.5 Å². The van der Waals surface area contributed by atoms with Gasteiger partial charge in [0.05, 0.1) is 15.9 Å². The number of hydrogen-bond donors (Lipinski definition) is 4. The number of nitrogens with zero attached hydrogens (tertiary/aromatic N) is 2. The molecule has 14 nitrogen and oxygen atoms in total. The summed E-state index contributed by atoms with van der Waals surface area (Å²) in [6, 6.07) is 13.6. The summed E-state index contributed by atoms with van der Waals surface area (Å²) in [4.78, 5) is 19.8. The second kappa shape index (κ2) is 11.7. The lowest BCUT2D eigenvalue weighted by Crippen LogP contribution is -2.38. The highest BCUT2D eigenvalue weighted by Crippen LogP contribution is 2.27. The van der Waals surface area contributed by atoms with Gasteiger partial charge >= 0.3 is 0 Å². The Bertz CT molecular complexity index is 1560. The molecule has 16 heteroatoms. The molecular weight excluding hydrogens is 540 g/mol. The molecule has 38 heavy (non-hydrogen) atoms.